The largest absolute Gasteiger partial charge is 0.468 e. The molecule has 2 atom stereocenters. The summed E-state index contributed by atoms with van der Waals surface area (Å²) in [4.78, 5) is 11.7. The lowest BCUT2D eigenvalue weighted by Gasteiger charge is -2.18. The molecule has 96 valence electrons. The van der Waals surface area contributed by atoms with E-state index in [0.717, 1.165) is 5.76 Å². The van der Waals surface area contributed by atoms with Crippen LogP contribution in [-0.2, 0) is 9.53 Å². The van der Waals surface area contributed by atoms with E-state index in [-0.39, 0.29) is 18.0 Å². The van der Waals surface area contributed by atoms with Gasteiger partial charge < -0.3 is 14.5 Å². The van der Waals surface area contributed by atoms with Gasteiger partial charge in [-0.15, -0.1) is 0 Å². The Bertz CT molecular complexity index is 325. The quantitative estimate of drug-likeness (QED) is 0.700. The van der Waals surface area contributed by atoms with E-state index in [2.05, 4.69) is 10.6 Å². The summed E-state index contributed by atoms with van der Waals surface area (Å²) in [7, 11) is 1.60. The smallest absolute Gasteiger partial charge is 0.236 e. The molecule has 1 rings (SSSR count). The number of amides is 1. The number of rotatable bonds is 7. The molecular formula is C12H20N2O3. The van der Waals surface area contributed by atoms with Crippen LogP contribution in [0.25, 0.3) is 0 Å². The summed E-state index contributed by atoms with van der Waals surface area (Å²) in [5, 5.41) is 5.94. The van der Waals surface area contributed by atoms with Gasteiger partial charge in [-0.1, -0.05) is 0 Å². The zero-order chi connectivity index (χ0) is 12.7. The van der Waals surface area contributed by atoms with Crippen molar-refractivity contribution >= 4 is 5.91 Å². The fourth-order valence-corrected chi connectivity index (χ4v) is 1.50. The van der Waals surface area contributed by atoms with Crippen LogP contribution in [0.5, 0.6) is 0 Å². The highest BCUT2D eigenvalue weighted by Crippen LogP contribution is 2.12. The summed E-state index contributed by atoms with van der Waals surface area (Å²) in [6.07, 6.45) is 1.62. The van der Waals surface area contributed by atoms with E-state index >= 15 is 0 Å². The lowest BCUT2D eigenvalue weighted by molar-refractivity contribution is -0.123. The molecule has 5 nitrogen and oxygen atoms in total. The lowest BCUT2D eigenvalue weighted by atomic mass is 10.2. The minimum atomic E-state index is -0.271. The van der Waals surface area contributed by atoms with E-state index in [4.69, 9.17) is 9.15 Å². The summed E-state index contributed by atoms with van der Waals surface area (Å²) in [5.74, 6) is 0.780. The Balaban J connectivity index is 2.32. The molecule has 0 radical (unpaired) electrons. The summed E-state index contributed by atoms with van der Waals surface area (Å²) in [5.41, 5.74) is 0. The van der Waals surface area contributed by atoms with Gasteiger partial charge in [0.2, 0.25) is 5.91 Å². The van der Waals surface area contributed by atoms with Gasteiger partial charge in [-0.05, 0) is 26.0 Å². The van der Waals surface area contributed by atoms with Crippen molar-refractivity contribution < 1.29 is 13.9 Å². The topological polar surface area (TPSA) is 63.5 Å². The number of ether oxygens (including phenoxy) is 1. The van der Waals surface area contributed by atoms with Crippen molar-refractivity contribution in [2.75, 3.05) is 20.3 Å². The maximum atomic E-state index is 11.7. The third kappa shape index (κ3) is 4.58. The second-order valence-electron chi connectivity index (χ2n) is 3.91. The van der Waals surface area contributed by atoms with Gasteiger partial charge in [0.25, 0.3) is 0 Å². The van der Waals surface area contributed by atoms with Crippen molar-refractivity contribution in [2.24, 2.45) is 0 Å². The Hall–Kier alpha value is -1.33. The van der Waals surface area contributed by atoms with Crippen molar-refractivity contribution in [2.45, 2.75) is 25.9 Å². The van der Waals surface area contributed by atoms with Crippen LogP contribution in [0.2, 0.25) is 0 Å². The highest BCUT2D eigenvalue weighted by Gasteiger charge is 2.16. The molecule has 1 aromatic heterocycles. The molecule has 1 unspecified atom stereocenters. The monoisotopic (exact) mass is 240 g/mol. The standard InChI is InChI=1S/C12H20N2O3/c1-9(11-5-4-7-17-11)14-10(2)12(15)13-6-8-16-3/h4-5,7,9-10,14H,6,8H2,1-3H3,(H,13,15)/t9-,10?/m1/s1. The highest BCUT2D eigenvalue weighted by atomic mass is 16.5. The number of carbonyl (C=O) groups excluding carboxylic acids is 1. The first-order chi connectivity index (χ1) is 8.15. The molecule has 0 saturated carbocycles. The molecule has 1 amide bonds. The Labute approximate surface area is 102 Å². The average Bonchev–Trinajstić information content (AvgIpc) is 2.82. The van der Waals surface area contributed by atoms with Gasteiger partial charge in [0.05, 0.1) is 25.0 Å². The van der Waals surface area contributed by atoms with E-state index < -0.39 is 0 Å². The van der Waals surface area contributed by atoms with Crippen LogP contribution in [0.1, 0.15) is 25.6 Å². The van der Waals surface area contributed by atoms with Crippen LogP contribution >= 0.6 is 0 Å². The molecule has 5 heteroatoms. The minimum Gasteiger partial charge on any atom is -0.468 e. The van der Waals surface area contributed by atoms with Crippen LogP contribution in [0.3, 0.4) is 0 Å². The second kappa shape index (κ2) is 7.09. The molecule has 0 spiro atoms. The number of methoxy groups -OCH3 is 1. The zero-order valence-electron chi connectivity index (χ0n) is 10.5. The van der Waals surface area contributed by atoms with E-state index in [0.29, 0.717) is 13.2 Å². The first-order valence-corrected chi connectivity index (χ1v) is 5.71. The van der Waals surface area contributed by atoms with Gasteiger partial charge in [-0.25, -0.2) is 0 Å². The highest BCUT2D eigenvalue weighted by molar-refractivity contribution is 5.81. The van der Waals surface area contributed by atoms with Gasteiger partial charge in [0.1, 0.15) is 5.76 Å². The van der Waals surface area contributed by atoms with Gasteiger partial charge in [0, 0.05) is 13.7 Å². The minimum absolute atomic E-state index is 0.00757. The molecule has 0 aliphatic heterocycles. The summed E-state index contributed by atoms with van der Waals surface area (Å²) in [6, 6.07) is 3.45. The Morgan fingerprint density at radius 2 is 2.29 bits per heavy atom. The first-order valence-electron chi connectivity index (χ1n) is 5.71. The Morgan fingerprint density at radius 3 is 2.88 bits per heavy atom. The van der Waals surface area contributed by atoms with Crippen molar-refractivity contribution in [1.29, 1.82) is 0 Å². The van der Waals surface area contributed by atoms with E-state index in [9.17, 15) is 4.79 Å². The van der Waals surface area contributed by atoms with Gasteiger partial charge in [-0.2, -0.15) is 0 Å². The fourth-order valence-electron chi connectivity index (χ4n) is 1.50. The molecular weight excluding hydrogens is 220 g/mol. The Kier molecular flexibility index (Phi) is 5.72. The van der Waals surface area contributed by atoms with Crippen LogP contribution in [0, 0.1) is 0 Å². The summed E-state index contributed by atoms with van der Waals surface area (Å²) < 4.78 is 10.1. The third-order valence-corrected chi connectivity index (χ3v) is 2.47. The SMILES string of the molecule is COCCNC(=O)C(C)N[C@H](C)c1ccco1. The molecule has 0 aliphatic carbocycles. The number of hydrogen-bond acceptors (Lipinski definition) is 4. The van der Waals surface area contributed by atoms with Crippen LogP contribution in [0.4, 0.5) is 0 Å². The van der Waals surface area contributed by atoms with Crippen LogP contribution < -0.4 is 10.6 Å². The molecule has 2 N–H and O–H groups in total. The van der Waals surface area contributed by atoms with Crippen molar-refractivity contribution in [3.63, 3.8) is 0 Å². The van der Waals surface area contributed by atoms with E-state index in [1.54, 1.807) is 13.4 Å². The number of nitrogens with one attached hydrogen (secondary N) is 2. The summed E-state index contributed by atoms with van der Waals surface area (Å²) in [6.45, 7) is 4.82. The van der Waals surface area contributed by atoms with E-state index in [1.807, 2.05) is 26.0 Å². The maximum absolute atomic E-state index is 11.7. The average molecular weight is 240 g/mol. The second-order valence-corrected chi connectivity index (χ2v) is 3.91. The molecule has 0 bridgehead atoms. The third-order valence-electron chi connectivity index (χ3n) is 2.47. The van der Waals surface area contributed by atoms with Crippen LogP contribution in [0.15, 0.2) is 22.8 Å². The molecule has 0 saturated heterocycles. The zero-order valence-corrected chi connectivity index (χ0v) is 10.5. The molecule has 1 heterocycles. The van der Waals surface area contributed by atoms with Crippen molar-refractivity contribution in [3.8, 4) is 0 Å². The number of furan rings is 1. The predicted octanol–water partition coefficient (Wildman–Crippen LogP) is 1.08. The van der Waals surface area contributed by atoms with Crippen molar-refractivity contribution in [1.82, 2.24) is 10.6 Å². The number of hydrogen-bond donors (Lipinski definition) is 2. The van der Waals surface area contributed by atoms with E-state index in [1.165, 1.54) is 0 Å². The normalized spacial score (nSPS) is 14.3. The molecule has 0 fully saturated rings. The fraction of sp³-hybridized carbons (Fsp3) is 0.583. The molecule has 1 aromatic rings. The van der Waals surface area contributed by atoms with Crippen molar-refractivity contribution in [3.05, 3.63) is 24.2 Å². The summed E-state index contributed by atoms with van der Waals surface area (Å²) >= 11 is 0. The van der Waals surface area contributed by atoms with Gasteiger partial charge in [-0.3, -0.25) is 10.1 Å². The molecule has 0 aromatic carbocycles. The van der Waals surface area contributed by atoms with Crippen LogP contribution in [-0.4, -0.2) is 32.2 Å². The molecule has 0 aliphatic rings. The predicted molar refractivity (Wildman–Crippen MR) is 64.6 cm³/mol. The molecule has 17 heavy (non-hydrogen) atoms. The Morgan fingerprint density at radius 1 is 1.53 bits per heavy atom. The lowest BCUT2D eigenvalue weighted by Crippen LogP contribution is -2.43. The first kappa shape index (κ1) is 13.7. The van der Waals surface area contributed by atoms with Gasteiger partial charge in [0.15, 0.2) is 0 Å². The van der Waals surface area contributed by atoms with Gasteiger partial charge >= 0.3 is 0 Å². The maximum Gasteiger partial charge on any atom is 0.236 e. The number of carbonyl (C=O) groups is 1.